The Kier molecular flexibility index (Phi) is 7.38. The van der Waals surface area contributed by atoms with Crippen LogP contribution in [0.3, 0.4) is 0 Å². The fourth-order valence-corrected chi connectivity index (χ4v) is 4.45. The number of guanidine groups is 1. The van der Waals surface area contributed by atoms with E-state index in [0.29, 0.717) is 25.0 Å². The average molecular weight is 444 g/mol. The van der Waals surface area contributed by atoms with E-state index in [1.165, 1.54) is 0 Å². The minimum Gasteiger partial charge on any atom is -0.357 e. The van der Waals surface area contributed by atoms with Gasteiger partial charge in [-0.2, -0.15) is 0 Å². The smallest absolute Gasteiger partial charge is 0.214 e. The van der Waals surface area contributed by atoms with Crippen LogP contribution in [-0.4, -0.2) is 68.6 Å². The third-order valence-corrected chi connectivity index (χ3v) is 6.08. The highest BCUT2D eigenvalue weighted by molar-refractivity contribution is 14.0. The molecule has 2 aliphatic heterocycles. The van der Waals surface area contributed by atoms with Gasteiger partial charge in [0.05, 0.1) is 12.3 Å². The van der Waals surface area contributed by atoms with Gasteiger partial charge in [-0.05, 0) is 25.2 Å². The molecule has 0 atom stereocenters. The number of nitrogens with one attached hydrogen (secondary N) is 1. The molecule has 2 aliphatic rings. The Bertz CT molecular complexity index is 493. The molecule has 0 amide bonds. The second kappa shape index (κ2) is 8.14. The first-order valence-electron chi connectivity index (χ1n) is 7.85. The standard InChI is InChI=1S/C14H28N4O2S.HI/c1-4-15-13(17-9-6-14(2,3)12-17)16-7-10-18-8-5-11-21(18,19)20;/h4-12H2,1-3H3,(H,15,16);1H. The van der Waals surface area contributed by atoms with Gasteiger partial charge in [0.1, 0.15) is 0 Å². The third kappa shape index (κ3) is 5.23. The van der Waals surface area contributed by atoms with E-state index in [4.69, 9.17) is 0 Å². The molecule has 0 saturated carbocycles. The molecule has 0 unspecified atom stereocenters. The summed E-state index contributed by atoms with van der Waals surface area (Å²) >= 11 is 0. The Morgan fingerprint density at radius 3 is 2.55 bits per heavy atom. The first kappa shape index (κ1) is 20.0. The van der Waals surface area contributed by atoms with E-state index in [1.54, 1.807) is 4.31 Å². The van der Waals surface area contributed by atoms with Crippen molar-refractivity contribution in [3.8, 4) is 0 Å². The molecule has 2 heterocycles. The van der Waals surface area contributed by atoms with E-state index in [1.807, 2.05) is 0 Å². The first-order chi connectivity index (χ1) is 9.84. The lowest BCUT2D eigenvalue weighted by atomic mass is 9.93. The number of likely N-dealkylation sites (tertiary alicyclic amines) is 1. The highest BCUT2D eigenvalue weighted by atomic mass is 127. The molecule has 0 radical (unpaired) electrons. The fraction of sp³-hybridized carbons (Fsp3) is 0.929. The van der Waals surface area contributed by atoms with E-state index in [0.717, 1.165) is 38.4 Å². The highest BCUT2D eigenvalue weighted by Gasteiger charge is 2.31. The minimum absolute atomic E-state index is 0. The van der Waals surface area contributed by atoms with Crippen molar-refractivity contribution in [2.24, 2.45) is 10.4 Å². The molecule has 1 N–H and O–H groups in total. The molecule has 0 bridgehead atoms. The Morgan fingerprint density at radius 2 is 2.05 bits per heavy atom. The van der Waals surface area contributed by atoms with Crippen LogP contribution in [0.4, 0.5) is 0 Å². The molecule has 130 valence electrons. The number of hydrogen-bond acceptors (Lipinski definition) is 3. The van der Waals surface area contributed by atoms with Gasteiger partial charge in [0, 0.05) is 32.7 Å². The van der Waals surface area contributed by atoms with Crippen LogP contribution >= 0.6 is 24.0 Å². The third-order valence-electron chi connectivity index (χ3n) is 4.13. The lowest BCUT2D eigenvalue weighted by molar-refractivity contribution is 0.369. The van der Waals surface area contributed by atoms with Crippen LogP contribution in [0.5, 0.6) is 0 Å². The van der Waals surface area contributed by atoms with Crippen LogP contribution in [-0.2, 0) is 10.0 Å². The van der Waals surface area contributed by atoms with Crippen molar-refractivity contribution in [1.29, 1.82) is 0 Å². The minimum atomic E-state index is -3.00. The zero-order chi connectivity index (χ0) is 15.5. The molecule has 0 aromatic carbocycles. The Morgan fingerprint density at radius 1 is 1.32 bits per heavy atom. The SMILES string of the molecule is CCNC(=NCCN1CCCS1(=O)=O)N1CCC(C)(C)C1.I. The Labute approximate surface area is 151 Å². The van der Waals surface area contributed by atoms with Crippen molar-refractivity contribution in [2.45, 2.75) is 33.6 Å². The van der Waals surface area contributed by atoms with E-state index in [9.17, 15) is 8.42 Å². The first-order valence-corrected chi connectivity index (χ1v) is 9.46. The summed E-state index contributed by atoms with van der Waals surface area (Å²) in [4.78, 5) is 6.90. The summed E-state index contributed by atoms with van der Waals surface area (Å²) in [5, 5.41) is 3.32. The van der Waals surface area contributed by atoms with Crippen molar-refractivity contribution in [3.05, 3.63) is 0 Å². The normalized spacial score (nSPS) is 24.3. The zero-order valence-electron chi connectivity index (χ0n) is 13.8. The number of hydrogen-bond donors (Lipinski definition) is 1. The maximum atomic E-state index is 11.8. The lowest BCUT2D eigenvalue weighted by Gasteiger charge is -2.24. The summed E-state index contributed by atoms with van der Waals surface area (Å²) < 4.78 is 25.1. The zero-order valence-corrected chi connectivity index (χ0v) is 17.0. The van der Waals surface area contributed by atoms with Crippen LogP contribution in [0.2, 0.25) is 0 Å². The average Bonchev–Trinajstić information content (AvgIpc) is 2.91. The van der Waals surface area contributed by atoms with Gasteiger partial charge < -0.3 is 10.2 Å². The van der Waals surface area contributed by atoms with Gasteiger partial charge in [-0.1, -0.05) is 13.8 Å². The molecule has 22 heavy (non-hydrogen) atoms. The maximum absolute atomic E-state index is 11.8. The molecule has 2 rings (SSSR count). The van der Waals surface area contributed by atoms with Gasteiger partial charge in [0.2, 0.25) is 10.0 Å². The van der Waals surface area contributed by atoms with Crippen LogP contribution in [0.15, 0.2) is 4.99 Å². The van der Waals surface area contributed by atoms with E-state index in [2.05, 4.69) is 36.0 Å². The number of aliphatic imine (C=N–C) groups is 1. The van der Waals surface area contributed by atoms with Crippen LogP contribution in [0, 0.1) is 5.41 Å². The summed E-state index contributed by atoms with van der Waals surface area (Å²) in [5.41, 5.74) is 0.328. The van der Waals surface area contributed by atoms with E-state index < -0.39 is 10.0 Å². The number of halogens is 1. The van der Waals surface area contributed by atoms with Crippen molar-refractivity contribution < 1.29 is 8.42 Å². The Balaban J connectivity index is 0.00000242. The van der Waals surface area contributed by atoms with E-state index >= 15 is 0 Å². The molecule has 0 aromatic heterocycles. The molecule has 0 aliphatic carbocycles. The van der Waals surface area contributed by atoms with Crippen molar-refractivity contribution in [3.63, 3.8) is 0 Å². The van der Waals surface area contributed by atoms with Gasteiger partial charge in [-0.15, -0.1) is 24.0 Å². The monoisotopic (exact) mass is 444 g/mol. The topological polar surface area (TPSA) is 65.0 Å². The fourth-order valence-electron chi connectivity index (χ4n) is 2.93. The molecule has 6 nitrogen and oxygen atoms in total. The van der Waals surface area contributed by atoms with Gasteiger partial charge in [-0.3, -0.25) is 4.99 Å². The van der Waals surface area contributed by atoms with Crippen LogP contribution < -0.4 is 5.32 Å². The predicted octanol–water partition coefficient (Wildman–Crippen LogP) is 1.34. The number of sulfonamides is 1. The molecular weight excluding hydrogens is 415 g/mol. The van der Waals surface area contributed by atoms with Gasteiger partial charge in [-0.25, -0.2) is 12.7 Å². The second-order valence-electron chi connectivity index (χ2n) is 6.64. The molecule has 2 fully saturated rings. The summed E-state index contributed by atoms with van der Waals surface area (Å²) in [6.07, 6.45) is 1.91. The summed E-state index contributed by atoms with van der Waals surface area (Å²) in [6, 6.07) is 0. The molecule has 2 saturated heterocycles. The van der Waals surface area contributed by atoms with E-state index in [-0.39, 0.29) is 29.7 Å². The summed E-state index contributed by atoms with van der Waals surface area (Å²) in [6.45, 7) is 11.1. The van der Waals surface area contributed by atoms with Gasteiger partial charge in [0.15, 0.2) is 5.96 Å². The van der Waals surface area contributed by atoms with Crippen LogP contribution in [0.25, 0.3) is 0 Å². The second-order valence-corrected chi connectivity index (χ2v) is 8.73. The lowest BCUT2D eigenvalue weighted by Crippen LogP contribution is -2.41. The highest BCUT2D eigenvalue weighted by Crippen LogP contribution is 2.28. The summed E-state index contributed by atoms with van der Waals surface area (Å²) in [7, 11) is -3.00. The number of nitrogens with zero attached hydrogens (tertiary/aromatic N) is 3. The molecule has 8 heteroatoms. The quantitative estimate of drug-likeness (QED) is 0.404. The molecular formula is C14H29IN4O2S. The van der Waals surface area contributed by atoms with Gasteiger partial charge in [0.25, 0.3) is 0 Å². The van der Waals surface area contributed by atoms with Gasteiger partial charge >= 0.3 is 0 Å². The number of rotatable bonds is 4. The largest absolute Gasteiger partial charge is 0.357 e. The Hall–Kier alpha value is -0.0900. The predicted molar refractivity (Wildman–Crippen MR) is 101 cm³/mol. The summed E-state index contributed by atoms with van der Waals surface area (Å²) in [5.74, 6) is 1.21. The molecule has 0 aromatic rings. The van der Waals surface area contributed by atoms with Crippen molar-refractivity contribution >= 4 is 40.0 Å². The maximum Gasteiger partial charge on any atom is 0.214 e. The van der Waals surface area contributed by atoms with Crippen molar-refractivity contribution in [1.82, 2.24) is 14.5 Å². The van der Waals surface area contributed by atoms with Crippen LogP contribution in [0.1, 0.15) is 33.6 Å². The van der Waals surface area contributed by atoms with Crippen molar-refractivity contribution in [2.75, 3.05) is 45.0 Å². The molecule has 0 spiro atoms.